The van der Waals surface area contributed by atoms with Crippen LogP contribution in [0.1, 0.15) is 16.8 Å². The first kappa shape index (κ1) is 14.0. The quantitative estimate of drug-likeness (QED) is 0.619. The molecule has 1 heterocycles. The van der Waals surface area contributed by atoms with Crippen molar-refractivity contribution < 1.29 is 14.6 Å². The molecule has 1 N–H and O–H groups in total. The van der Waals surface area contributed by atoms with Gasteiger partial charge in [-0.05, 0) is 42.1 Å². The van der Waals surface area contributed by atoms with Gasteiger partial charge in [0.05, 0.1) is 16.4 Å². The van der Waals surface area contributed by atoms with Crippen LogP contribution in [0.25, 0.3) is 0 Å². The lowest BCUT2D eigenvalue weighted by molar-refractivity contribution is 0.0697. The minimum atomic E-state index is -0.918. The Morgan fingerprint density at radius 2 is 2.05 bits per heavy atom. The number of thiophene rings is 1. The van der Waals surface area contributed by atoms with Crippen molar-refractivity contribution in [3.05, 3.63) is 47.3 Å². The molecule has 0 aliphatic carbocycles. The topological polar surface area (TPSA) is 46.5 Å². The first-order chi connectivity index (χ1) is 9.25. The number of carbonyl (C=O) groups is 1. The molecule has 2 rings (SSSR count). The summed E-state index contributed by atoms with van der Waals surface area (Å²) in [5.41, 5.74) is 0.278. The number of hydrogen-bond acceptors (Lipinski definition) is 4. The predicted molar refractivity (Wildman–Crippen MR) is 78.6 cm³/mol. The van der Waals surface area contributed by atoms with Gasteiger partial charge in [-0.1, -0.05) is 6.07 Å². The number of benzene rings is 1. The zero-order valence-electron chi connectivity index (χ0n) is 10.2. The smallest absolute Gasteiger partial charge is 0.335 e. The zero-order valence-corrected chi connectivity index (χ0v) is 11.9. The summed E-state index contributed by atoms with van der Waals surface area (Å²) in [7, 11) is 0. The Morgan fingerprint density at radius 3 is 2.68 bits per heavy atom. The third-order valence-corrected chi connectivity index (χ3v) is 4.62. The predicted octanol–water partition coefficient (Wildman–Crippen LogP) is 4.01. The molecule has 0 saturated carbocycles. The van der Waals surface area contributed by atoms with E-state index in [-0.39, 0.29) is 5.56 Å². The van der Waals surface area contributed by atoms with Crippen LogP contribution in [0.3, 0.4) is 0 Å². The van der Waals surface area contributed by atoms with Crippen LogP contribution in [0.2, 0.25) is 0 Å². The van der Waals surface area contributed by atoms with Crippen LogP contribution in [0.15, 0.2) is 46.0 Å². The Balaban J connectivity index is 1.66. The summed E-state index contributed by atoms with van der Waals surface area (Å²) < 4.78 is 6.88. The largest absolute Gasteiger partial charge is 0.494 e. The first-order valence-corrected chi connectivity index (χ1v) is 7.75. The normalized spacial score (nSPS) is 10.3. The zero-order chi connectivity index (χ0) is 13.5. The molecule has 0 spiro atoms. The van der Waals surface area contributed by atoms with Crippen molar-refractivity contribution >= 4 is 29.1 Å². The third-order valence-electron chi connectivity index (χ3n) is 2.40. The highest BCUT2D eigenvalue weighted by molar-refractivity contribution is 8.01. The van der Waals surface area contributed by atoms with Gasteiger partial charge in [0.1, 0.15) is 5.75 Å². The van der Waals surface area contributed by atoms with Gasteiger partial charge in [0.25, 0.3) is 0 Å². The van der Waals surface area contributed by atoms with E-state index >= 15 is 0 Å². The molecular weight excluding hydrogens is 280 g/mol. The van der Waals surface area contributed by atoms with E-state index in [1.165, 1.54) is 4.21 Å². The minimum absolute atomic E-state index is 0.278. The number of thioether (sulfide) groups is 1. The van der Waals surface area contributed by atoms with Gasteiger partial charge in [-0.15, -0.1) is 23.1 Å². The standard InChI is InChI=1S/C14H14O3S2/c15-14(16)11-4-6-12(7-5-11)17-8-2-10-19-13-3-1-9-18-13/h1,3-7,9H,2,8,10H2,(H,15,16). The summed E-state index contributed by atoms with van der Waals surface area (Å²) >= 11 is 3.58. The summed E-state index contributed by atoms with van der Waals surface area (Å²) in [5, 5.41) is 10.8. The number of rotatable bonds is 7. The van der Waals surface area contributed by atoms with E-state index in [1.807, 2.05) is 17.8 Å². The second kappa shape index (κ2) is 7.21. The van der Waals surface area contributed by atoms with Gasteiger partial charge >= 0.3 is 5.97 Å². The number of hydrogen-bond donors (Lipinski definition) is 1. The van der Waals surface area contributed by atoms with Crippen LogP contribution >= 0.6 is 23.1 Å². The lowest BCUT2D eigenvalue weighted by Crippen LogP contribution is -2.00. The van der Waals surface area contributed by atoms with Crippen LogP contribution in [-0.4, -0.2) is 23.4 Å². The average molecular weight is 294 g/mol. The van der Waals surface area contributed by atoms with Crippen LogP contribution in [0.5, 0.6) is 5.75 Å². The molecule has 5 heteroatoms. The monoisotopic (exact) mass is 294 g/mol. The molecule has 1 aromatic heterocycles. The maximum absolute atomic E-state index is 10.7. The SMILES string of the molecule is O=C(O)c1ccc(OCCCSc2cccs2)cc1. The molecule has 0 aliphatic rings. The van der Waals surface area contributed by atoms with Crippen LogP contribution in [-0.2, 0) is 0 Å². The molecular formula is C14H14O3S2. The number of aromatic carboxylic acids is 1. The molecule has 0 unspecified atom stereocenters. The Morgan fingerprint density at radius 1 is 1.26 bits per heavy atom. The van der Waals surface area contributed by atoms with Crippen molar-refractivity contribution in [2.24, 2.45) is 0 Å². The van der Waals surface area contributed by atoms with Crippen LogP contribution in [0, 0.1) is 0 Å². The van der Waals surface area contributed by atoms with Crippen molar-refractivity contribution in [1.29, 1.82) is 0 Å². The number of carboxylic acids is 1. The van der Waals surface area contributed by atoms with E-state index in [9.17, 15) is 4.79 Å². The molecule has 3 nitrogen and oxygen atoms in total. The molecule has 0 fully saturated rings. The van der Waals surface area contributed by atoms with E-state index in [2.05, 4.69) is 11.4 Å². The summed E-state index contributed by atoms with van der Waals surface area (Å²) in [6.45, 7) is 0.644. The van der Waals surface area contributed by atoms with Gasteiger partial charge < -0.3 is 9.84 Å². The Labute approximate surface area is 120 Å². The fraction of sp³-hybridized carbons (Fsp3) is 0.214. The molecule has 0 aliphatic heterocycles. The summed E-state index contributed by atoms with van der Waals surface area (Å²) in [4.78, 5) is 10.7. The lowest BCUT2D eigenvalue weighted by Gasteiger charge is -2.05. The Kier molecular flexibility index (Phi) is 5.30. The van der Waals surface area contributed by atoms with Gasteiger partial charge in [-0.25, -0.2) is 4.79 Å². The van der Waals surface area contributed by atoms with Gasteiger partial charge in [-0.2, -0.15) is 0 Å². The van der Waals surface area contributed by atoms with Crippen molar-refractivity contribution in [2.75, 3.05) is 12.4 Å². The molecule has 2 aromatic rings. The van der Waals surface area contributed by atoms with Gasteiger partial charge in [0, 0.05) is 5.75 Å². The van der Waals surface area contributed by atoms with Gasteiger partial charge in [0.2, 0.25) is 0 Å². The molecule has 0 atom stereocenters. The minimum Gasteiger partial charge on any atom is -0.494 e. The third kappa shape index (κ3) is 4.61. The molecule has 0 bridgehead atoms. The Hall–Kier alpha value is -1.46. The molecule has 0 radical (unpaired) electrons. The van der Waals surface area contributed by atoms with E-state index in [4.69, 9.17) is 9.84 Å². The molecule has 1 aromatic carbocycles. The van der Waals surface area contributed by atoms with Crippen molar-refractivity contribution in [2.45, 2.75) is 10.6 Å². The number of ether oxygens (including phenoxy) is 1. The highest BCUT2D eigenvalue weighted by Crippen LogP contribution is 2.23. The molecule has 0 amide bonds. The van der Waals surface area contributed by atoms with Crippen molar-refractivity contribution in [1.82, 2.24) is 0 Å². The lowest BCUT2D eigenvalue weighted by atomic mass is 10.2. The fourth-order valence-electron chi connectivity index (χ4n) is 1.46. The summed E-state index contributed by atoms with van der Waals surface area (Å²) in [5.74, 6) is 0.818. The fourth-order valence-corrected chi connectivity index (χ4v) is 3.24. The van der Waals surface area contributed by atoms with E-state index in [0.29, 0.717) is 12.4 Å². The summed E-state index contributed by atoms with van der Waals surface area (Å²) in [6, 6.07) is 10.6. The second-order valence-electron chi connectivity index (χ2n) is 3.81. The molecule has 100 valence electrons. The van der Waals surface area contributed by atoms with Crippen LogP contribution < -0.4 is 4.74 Å². The highest BCUT2D eigenvalue weighted by atomic mass is 32.2. The maximum Gasteiger partial charge on any atom is 0.335 e. The van der Waals surface area contributed by atoms with Gasteiger partial charge in [-0.3, -0.25) is 0 Å². The first-order valence-electron chi connectivity index (χ1n) is 5.88. The van der Waals surface area contributed by atoms with Crippen molar-refractivity contribution in [3.63, 3.8) is 0 Å². The van der Waals surface area contributed by atoms with Gasteiger partial charge in [0.15, 0.2) is 0 Å². The summed E-state index contributed by atoms with van der Waals surface area (Å²) in [6.07, 6.45) is 0.962. The van der Waals surface area contributed by atoms with E-state index in [0.717, 1.165) is 12.2 Å². The van der Waals surface area contributed by atoms with E-state index in [1.54, 1.807) is 35.6 Å². The van der Waals surface area contributed by atoms with Crippen molar-refractivity contribution in [3.8, 4) is 5.75 Å². The second-order valence-corrected chi connectivity index (χ2v) is 6.15. The molecule has 0 saturated heterocycles. The maximum atomic E-state index is 10.7. The number of carboxylic acid groups (broad SMARTS) is 1. The average Bonchev–Trinajstić information content (AvgIpc) is 2.92. The van der Waals surface area contributed by atoms with Crippen LogP contribution in [0.4, 0.5) is 0 Å². The highest BCUT2D eigenvalue weighted by Gasteiger charge is 2.02. The van der Waals surface area contributed by atoms with E-state index < -0.39 is 5.97 Å². The Bertz CT molecular complexity index is 506. The molecule has 19 heavy (non-hydrogen) atoms.